The van der Waals surface area contributed by atoms with Gasteiger partial charge in [0.15, 0.2) is 5.16 Å². The first-order valence-corrected chi connectivity index (χ1v) is 12.6. The third-order valence-electron chi connectivity index (χ3n) is 5.37. The molecule has 5 rings (SSSR count). The highest BCUT2D eigenvalue weighted by atomic mass is 32.2. The van der Waals surface area contributed by atoms with Gasteiger partial charge in [-0.25, -0.2) is 4.98 Å². The molecule has 8 heteroatoms. The first kappa shape index (κ1) is 21.2. The zero-order valence-electron chi connectivity index (χ0n) is 18.0. The van der Waals surface area contributed by atoms with E-state index in [1.54, 1.807) is 23.1 Å². The van der Waals surface area contributed by atoms with Crippen LogP contribution < -0.4 is 4.90 Å². The van der Waals surface area contributed by atoms with E-state index in [4.69, 9.17) is 9.72 Å². The van der Waals surface area contributed by atoms with Crippen molar-refractivity contribution in [3.8, 4) is 10.6 Å². The Morgan fingerprint density at radius 2 is 1.78 bits per heavy atom. The SMILES string of the molecule is Cc1ccc(-c2nc(CSc3nnc(N4CCOCC4)n3Cc3ccccc3)cs2)cc1. The molecule has 164 valence electrons. The lowest BCUT2D eigenvalue weighted by Gasteiger charge is -2.28. The molecule has 3 heterocycles. The maximum atomic E-state index is 5.53. The molecule has 0 amide bonds. The van der Waals surface area contributed by atoms with E-state index in [9.17, 15) is 0 Å². The lowest BCUT2D eigenvalue weighted by molar-refractivity contribution is 0.121. The number of rotatable bonds is 7. The normalized spacial score (nSPS) is 14.1. The molecular weight excluding hydrogens is 438 g/mol. The molecule has 2 aromatic heterocycles. The number of aryl methyl sites for hydroxylation is 1. The topological polar surface area (TPSA) is 56.1 Å². The number of hydrogen-bond acceptors (Lipinski definition) is 7. The molecule has 1 fully saturated rings. The minimum absolute atomic E-state index is 0.723. The van der Waals surface area contributed by atoms with E-state index in [0.29, 0.717) is 0 Å². The lowest BCUT2D eigenvalue weighted by Crippen LogP contribution is -2.38. The molecule has 1 saturated heterocycles. The lowest BCUT2D eigenvalue weighted by atomic mass is 10.2. The van der Waals surface area contributed by atoms with E-state index in [2.05, 4.69) is 80.5 Å². The summed E-state index contributed by atoms with van der Waals surface area (Å²) in [6.45, 7) is 5.97. The van der Waals surface area contributed by atoms with Crippen LogP contribution in [0.25, 0.3) is 10.6 Å². The summed E-state index contributed by atoms with van der Waals surface area (Å²) < 4.78 is 7.75. The first-order valence-electron chi connectivity index (χ1n) is 10.7. The van der Waals surface area contributed by atoms with Crippen molar-refractivity contribution in [2.45, 2.75) is 24.4 Å². The number of ether oxygens (including phenoxy) is 1. The van der Waals surface area contributed by atoms with Gasteiger partial charge in [-0.3, -0.25) is 4.57 Å². The Hall–Kier alpha value is -2.68. The van der Waals surface area contributed by atoms with Crippen molar-refractivity contribution in [2.75, 3.05) is 31.2 Å². The van der Waals surface area contributed by atoms with Gasteiger partial charge in [-0.05, 0) is 12.5 Å². The second-order valence-electron chi connectivity index (χ2n) is 7.75. The number of benzene rings is 2. The molecule has 0 radical (unpaired) electrons. The van der Waals surface area contributed by atoms with Gasteiger partial charge in [0.05, 0.1) is 25.5 Å². The Balaban J connectivity index is 1.35. The molecule has 1 aliphatic rings. The van der Waals surface area contributed by atoms with Crippen LogP contribution in [0.15, 0.2) is 65.1 Å². The smallest absolute Gasteiger partial charge is 0.228 e. The van der Waals surface area contributed by atoms with Gasteiger partial charge in [0, 0.05) is 29.8 Å². The zero-order valence-corrected chi connectivity index (χ0v) is 19.6. The van der Waals surface area contributed by atoms with Crippen molar-refractivity contribution in [3.63, 3.8) is 0 Å². The fourth-order valence-corrected chi connectivity index (χ4v) is 5.39. The molecule has 4 aromatic rings. The first-order chi connectivity index (χ1) is 15.8. The van der Waals surface area contributed by atoms with Gasteiger partial charge in [0.25, 0.3) is 0 Å². The summed E-state index contributed by atoms with van der Waals surface area (Å²) in [4.78, 5) is 7.11. The maximum Gasteiger partial charge on any atom is 0.228 e. The second kappa shape index (κ2) is 9.85. The van der Waals surface area contributed by atoms with E-state index in [0.717, 1.165) is 60.4 Å². The highest BCUT2D eigenvalue weighted by Crippen LogP contribution is 2.29. The van der Waals surface area contributed by atoms with Gasteiger partial charge < -0.3 is 9.64 Å². The predicted molar refractivity (Wildman–Crippen MR) is 130 cm³/mol. The van der Waals surface area contributed by atoms with E-state index in [1.165, 1.54) is 16.7 Å². The number of morpholine rings is 1. The third kappa shape index (κ3) is 4.87. The minimum atomic E-state index is 0.723. The summed E-state index contributed by atoms with van der Waals surface area (Å²) in [6.07, 6.45) is 0. The Morgan fingerprint density at radius 1 is 1.00 bits per heavy atom. The van der Waals surface area contributed by atoms with Crippen LogP contribution >= 0.6 is 23.1 Å². The van der Waals surface area contributed by atoms with Crippen LogP contribution in [0.5, 0.6) is 0 Å². The van der Waals surface area contributed by atoms with Crippen LogP contribution in [0.3, 0.4) is 0 Å². The molecule has 2 aromatic carbocycles. The van der Waals surface area contributed by atoms with Crippen molar-refractivity contribution in [1.82, 2.24) is 19.7 Å². The van der Waals surface area contributed by atoms with Gasteiger partial charge >= 0.3 is 0 Å². The summed E-state index contributed by atoms with van der Waals surface area (Å²) in [5.74, 6) is 1.68. The van der Waals surface area contributed by atoms with Crippen molar-refractivity contribution in [3.05, 3.63) is 76.8 Å². The van der Waals surface area contributed by atoms with Gasteiger partial charge in [-0.15, -0.1) is 21.5 Å². The molecule has 0 saturated carbocycles. The highest BCUT2D eigenvalue weighted by molar-refractivity contribution is 7.98. The summed E-state index contributed by atoms with van der Waals surface area (Å²) in [6, 6.07) is 19.0. The summed E-state index contributed by atoms with van der Waals surface area (Å²) in [5.41, 5.74) is 4.73. The third-order valence-corrected chi connectivity index (χ3v) is 7.31. The minimum Gasteiger partial charge on any atom is -0.378 e. The summed E-state index contributed by atoms with van der Waals surface area (Å²) in [5, 5.41) is 13.2. The van der Waals surface area contributed by atoms with Crippen molar-refractivity contribution >= 4 is 29.0 Å². The van der Waals surface area contributed by atoms with Crippen LogP contribution in [0, 0.1) is 6.92 Å². The van der Waals surface area contributed by atoms with Crippen molar-refractivity contribution < 1.29 is 4.74 Å². The summed E-state index contributed by atoms with van der Waals surface area (Å²) in [7, 11) is 0. The van der Waals surface area contributed by atoms with Crippen LogP contribution in [-0.4, -0.2) is 46.1 Å². The van der Waals surface area contributed by atoms with Crippen molar-refractivity contribution in [2.24, 2.45) is 0 Å². The molecular formula is C24H25N5OS2. The maximum absolute atomic E-state index is 5.53. The van der Waals surface area contributed by atoms with Gasteiger partial charge in [0.2, 0.25) is 5.95 Å². The number of anilines is 1. The number of hydrogen-bond donors (Lipinski definition) is 0. The fourth-order valence-electron chi connectivity index (χ4n) is 3.63. The standard InChI is InChI=1S/C24H25N5OS2/c1-18-7-9-20(10-8-18)22-25-21(16-31-22)17-32-24-27-26-23(28-11-13-30-14-12-28)29(24)15-19-5-3-2-4-6-19/h2-10,16H,11-15,17H2,1H3. The Bertz CT molecular complexity index is 1150. The average Bonchev–Trinajstić information content (AvgIpc) is 3.47. The fraction of sp³-hybridized carbons (Fsp3) is 0.292. The molecule has 0 unspecified atom stereocenters. The Labute approximate surface area is 196 Å². The van der Waals surface area contributed by atoms with Crippen LogP contribution in [0.1, 0.15) is 16.8 Å². The molecule has 0 spiro atoms. The molecule has 1 aliphatic heterocycles. The number of nitrogens with zero attached hydrogens (tertiary/aromatic N) is 5. The number of aromatic nitrogens is 4. The molecule has 0 aliphatic carbocycles. The molecule has 32 heavy (non-hydrogen) atoms. The number of thiazole rings is 1. The second-order valence-corrected chi connectivity index (χ2v) is 9.55. The molecule has 0 bridgehead atoms. The van der Waals surface area contributed by atoms with Gasteiger partial charge in [-0.2, -0.15) is 0 Å². The summed E-state index contributed by atoms with van der Waals surface area (Å²) >= 11 is 3.38. The van der Waals surface area contributed by atoms with E-state index in [-0.39, 0.29) is 0 Å². The van der Waals surface area contributed by atoms with E-state index < -0.39 is 0 Å². The molecule has 0 atom stereocenters. The zero-order chi connectivity index (χ0) is 21.8. The highest BCUT2D eigenvalue weighted by Gasteiger charge is 2.21. The van der Waals surface area contributed by atoms with E-state index >= 15 is 0 Å². The Morgan fingerprint density at radius 3 is 2.56 bits per heavy atom. The quantitative estimate of drug-likeness (QED) is 0.364. The monoisotopic (exact) mass is 463 g/mol. The Kier molecular flexibility index (Phi) is 6.52. The molecule has 6 nitrogen and oxygen atoms in total. The van der Waals surface area contributed by atoms with Crippen molar-refractivity contribution in [1.29, 1.82) is 0 Å². The van der Waals surface area contributed by atoms with Gasteiger partial charge in [-0.1, -0.05) is 71.9 Å². The molecule has 0 N–H and O–H groups in total. The van der Waals surface area contributed by atoms with Crippen LogP contribution in [0.2, 0.25) is 0 Å². The number of thioether (sulfide) groups is 1. The van der Waals surface area contributed by atoms with Gasteiger partial charge in [0.1, 0.15) is 5.01 Å². The predicted octanol–water partition coefficient (Wildman–Crippen LogP) is 4.89. The van der Waals surface area contributed by atoms with E-state index in [1.807, 2.05) is 6.07 Å². The van der Waals surface area contributed by atoms with Crippen LogP contribution in [0.4, 0.5) is 5.95 Å². The van der Waals surface area contributed by atoms with Crippen LogP contribution in [-0.2, 0) is 17.0 Å². The average molecular weight is 464 g/mol. The largest absolute Gasteiger partial charge is 0.378 e.